The van der Waals surface area contributed by atoms with E-state index in [2.05, 4.69) is 15.4 Å². The number of hydrogen-bond donors (Lipinski definition) is 3. The zero-order chi connectivity index (χ0) is 36.4. The van der Waals surface area contributed by atoms with Crippen LogP contribution in [0.2, 0.25) is 0 Å². The van der Waals surface area contributed by atoms with E-state index in [1.807, 2.05) is 20.8 Å². The molecule has 0 saturated carbocycles. The van der Waals surface area contributed by atoms with Crippen molar-refractivity contribution in [3.05, 3.63) is 75.4 Å². The lowest BCUT2D eigenvalue weighted by Gasteiger charge is -2.35. The summed E-state index contributed by atoms with van der Waals surface area (Å²) in [5.74, 6) is -2.39. The molecule has 1 aliphatic heterocycles. The van der Waals surface area contributed by atoms with E-state index in [1.165, 1.54) is 43.3 Å². The van der Waals surface area contributed by atoms with Crippen molar-refractivity contribution in [3.63, 3.8) is 0 Å². The second kappa shape index (κ2) is 14.5. The highest BCUT2D eigenvalue weighted by Gasteiger charge is 2.49. The third kappa shape index (κ3) is 6.79. The molecule has 0 bridgehead atoms. The second-order valence-corrected chi connectivity index (χ2v) is 14.3. The quantitative estimate of drug-likeness (QED) is 0.0826. The summed E-state index contributed by atoms with van der Waals surface area (Å²) in [5.41, 5.74) is -1.14. The Morgan fingerprint density at radius 2 is 1.58 bits per heavy atom. The topological polar surface area (TPSA) is 178 Å². The molecule has 0 spiro atoms. The number of aryl methyl sites for hydroxylation is 1. The molecule has 1 atom stereocenters. The molecule has 12 nitrogen and oxygen atoms in total. The molecule has 0 saturated heterocycles. The van der Waals surface area contributed by atoms with Gasteiger partial charge in [-0.15, -0.1) is 0 Å². The van der Waals surface area contributed by atoms with Gasteiger partial charge >= 0.3 is 5.97 Å². The lowest BCUT2D eigenvalue weighted by Crippen LogP contribution is -2.47. The van der Waals surface area contributed by atoms with Crippen LogP contribution in [-0.4, -0.2) is 44.6 Å². The number of ketones is 1. The second-order valence-electron chi connectivity index (χ2n) is 12.6. The van der Waals surface area contributed by atoms with Gasteiger partial charge in [0.05, 0.1) is 45.3 Å². The third-order valence-corrected chi connectivity index (χ3v) is 10.6. The summed E-state index contributed by atoms with van der Waals surface area (Å²) >= 11 is 0. The molecule has 50 heavy (non-hydrogen) atoms. The van der Waals surface area contributed by atoms with E-state index in [1.54, 1.807) is 19.1 Å². The summed E-state index contributed by atoms with van der Waals surface area (Å²) in [5, 5.41) is 5.42. The fraction of sp³-hybridized carbons (Fsp3) is 0.378. The Hall–Kier alpha value is -4.88. The Labute approximate surface area is 290 Å². The molecule has 1 aliphatic rings. The smallest absolute Gasteiger partial charge is 0.338 e. The van der Waals surface area contributed by atoms with Crippen molar-refractivity contribution < 1.29 is 36.7 Å². The number of esters is 1. The Morgan fingerprint density at radius 3 is 2.20 bits per heavy atom. The predicted octanol–water partition coefficient (Wildman–Crippen LogP) is 6.24. The van der Waals surface area contributed by atoms with Crippen LogP contribution in [0.1, 0.15) is 92.5 Å². The lowest BCUT2D eigenvalue weighted by atomic mass is 9.69. The number of ether oxygens (including phenoxy) is 1. The third-order valence-electron chi connectivity index (χ3n) is 9.03. The van der Waals surface area contributed by atoms with Crippen molar-refractivity contribution in [2.45, 2.75) is 84.1 Å². The summed E-state index contributed by atoms with van der Waals surface area (Å²) in [4.78, 5) is 68.2. The molecule has 0 radical (unpaired) electrons. The van der Waals surface area contributed by atoms with Gasteiger partial charge < -0.3 is 19.8 Å². The van der Waals surface area contributed by atoms with Gasteiger partial charge in [0.15, 0.2) is 16.9 Å². The number of carbonyl (C=O) groups excluding carboxylic acids is 4. The van der Waals surface area contributed by atoms with E-state index in [4.69, 9.17) is 9.15 Å². The molecule has 5 rings (SSSR count). The minimum Gasteiger partial charge on any atom is -0.462 e. The maximum absolute atomic E-state index is 14.1. The van der Waals surface area contributed by atoms with Crippen molar-refractivity contribution in [1.82, 2.24) is 4.72 Å². The highest BCUT2D eigenvalue weighted by Crippen LogP contribution is 2.44. The average molecular weight is 704 g/mol. The summed E-state index contributed by atoms with van der Waals surface area (Å²) in [6.07, 6.45) is 3.72. The van der Waals surface area contributed by atoms with E-state index in [9.17, 15) is 32.4 Å². The summed E-state index contributed by atoms with van der Waals surface area (Å²) in [7, 11) is -4.09. The SMILES string of the molecule is CCCCC1(CCCC)C(=O)Nc2c(ccc3c(=O)c4cc(C(=O)OCC)cc(NC(=O)[C@H](C)NS(=O)(=O)c5ccc(C)cc5)c4oc23)C1=O. The maximum Gasteiger partial charge on any atom is 0.338 e. The van der Waals surface area contributed by atoms with E-state index in [-0.39, 0.29) is 61.7 Å². The first kappa shape index (κ1) is 36.4. The van der Waals surface area contributed by atoms with Crippen LogP contribution in [0.15, 0.2) is 62.6 Å². The number of rotatable bonds is 13. The van der Waals surface area contributed by atoms with Crippen LogP contribution >= 0.6 is 0 Å². The molecule has 2 amide bonds. The number of nitrogens with one attached hydrogen (secondary N) is 3. The van der Waals surface area contributed by atoms with E-state index in [0.29, 0.717) is 25.7 Å². The van der Waals surface area contributed by atoms with Gasteiger partial charge in [0.25, 0.3) is 0 Å². The van der Waals surface area contributed by atoms with E-state index < -0.39 is 44.7 Å². The fourth-order valence-corrected chi connectivity index (χ4v) is 7.41. The average Bonchev–Trinajstić information content (AvgIpc) is 3.08. The number of hydrogen-bond acceptors (Lipinski definition) is 9. The van der Waals surface area contributed by atoms with Crippen molar-refractivity contribution in [2.24, 2.45) is 5.41 Å². The number of benzene rings is 3. The van der Waals surface area contributed by atoms with E-state index in [0.717, 1.165) is 18.4 Å². The van der Waals surface area contributed by atoms with Crippen molar-refractivity contribution in [2.75, 3.05) is 17.2 Å². The first-order valence-electron chi connectivity index (χ1n) is 16.8. The highest BCUT2D eigenvalue weighted by atomic mass is 32.2. The van der Waals surface area contributed by atoms with Crippen LogP contribution in [0.25, 0.3) is 21.9 Å². The molecule has 4 aromatic rings. The van der Waals surface area contributed by atoms with Crippen molar-refractivity contribution in [3.8, 4) is 0 Å². The number of anilines is 2. The molecular formula is C37H41N3O9S. The first-order chi connectivity index (χ1) is 23.8. The summed E-state index contributed by atoms with van der Waals surface area (Å²) in [6, 6.07) is 10.3. The molecule has 3 aromatic carbocycles. The molecule has 0 aliphatic carbocycles. The van der Waals surface area contributed by atoms with Gasteiger partial charge in [-0.05, 0) is 70.0 Å². The molecule has 2 heterocycles. The molecule has 3 N–H and O–H groups in total. The summed E-state index contributed by atoms with van der Waals surface area (Å²) < 4.78 is 39.8. The number of sulfonamides is 1. The monoisotopic (exact) mass is 703 g/mol. The molecular weight excluding hydrogens is 662 g/mol. The number of amides is 2. The summed E-state index contributed by atoms with van der Waals surface area (Å²) in [6.45, 7) is 8.79. The predicted molar refractivity (Wildman–Crippen MR) is 190 cm³/mol. The number of carbonyl (C=O) groups is 4. The number of Topliss-reactive ketones (excluding diaryl/α,β-unsaturated/α-hetero) is 1. The van der Waals surface area contributed by atoms with Crippen molar-refractivity contribution in [1.29, 1.82) is 0 Å². The molecule has 0 fully saturated rings. The van der Waals surface area contributed by atoms with Gasteiger partial charge in [-0.3, -0.25) is 19.2 Å². The minimum absolute atomic E-state index is 0.0373. The van der Waals surface area contributed by atoms with Crippen LogP contribution < -0.4 is 20.8 Å². The van der Waals surface area contributed by atoms with Crippen LogP contribution in [0.5, 0.6) is 0 Å². The Morgan fingerprint density at radius 1 is 0.920 bits per heavy atom. The number of fused-ring (bicyclic) bond motifs is 4. The molecule has 13 heteroatoms. The zero-order valence-corrected chi connectivity index (χ0v) is 29.5. The van der Waals surface area contributed by atoms with Crippen molar-refractivity contribution >= 4 is 66.9 Å². The first-order valence-corrected chi connectivity index (χ1v) is 18.3. The van der Waals surface area contributed by atoms with Crippen LogP contribution in [0.3, 0.4) is 0 Å². The van der Waals surface area contributed by atoms with Gasteiger partial charge in [0.1, 0.15) is 5.41 Å². The fourth-order valence-electron chi connectivity index (χ4n) is 6.20. The van der Waals surface area contributed by atoms with Gasteiger partial charge in [0, 0.05) is 5.56 Å². The maximum atomic E-state index is 14.1. The van der Waals surface area contributed by atoms with Crippen LogP contribution in [-0.2, 0) is 24.3 Å². The Balaban J connectivity index is 1.63. The van der Waals surface area contributed by atoms with Gasteiger partial charge in [0.2, 0.25) is 27.3 Å². The standard InChI is InChI=1S/C37H41N3O9S/c1-6-9-17-37(18-10-7-2)33(42)25-15-16-26-30(41)27-19-23(35(44)48-8-3)20-28(31(27)49-32(26)29(25)39-36(37)45)38-34(43)22(5)40-50(46,47)24-13-11-21(4)12-14-24/h11-16,19-20,22,40H,6-10,17-18H2,1-5H3,(H,38,43)(H,39,45)/t22-/m0/s1. The van der Waals surface area contributed by atoms with Gasteiger partial charge in [-0.2, -0.15) is 4.72 Å². The normalized spacial score (nSPS) is 14.7. The van der Waals surface area contributed by atoms with E-state index >= 15 is 0 Å². The van der Waals surface area contributed by atoms with Crippen LogP contribution in [0.4, 0.5) is 11.4 Å². The molecule has 0 unspecified atom stereocenters. The van der Waals surface area contributed by atoms with Crippen LogP contribution in [0, 0.1) is 12.3 Å². The number of unbranched alkanes of at least 4 members (excludes halogenated alkanes) is 2. The Bertz CT molecular complexity index is 2160. The highest BCUT2D eigenvalue weighted by molar-refractivity contribution is 7.89. The molecule has 1 aromatic heterocycles. The van der Waals surface area contributed by atoms with Gasteiger partial charge in [-0.25, -0.2) is 13.2 Å². The van der Waals surface area contributed by atoms with Gasteiger partial charge in [-0.1, -0.05) is 57.2 Å². The zero-order valence-electron chi connectivity index (χ0n) is 28.7. The lowest BCUT2D eigenvalue weighted by molar-refractivity contribution is -0.124. The molecule has 264 valence electrons. The minimum atomic E-state index is -4.09. The largest absolute Gasteiger partial charge is 0.462 e. The Kier molecular flexibility index (Phi) is 10.6.